The number of hydrogen-bond acceptors (Lipinski definition) is 5. The predicted molar refractivity (Wildman–Crippen MR) is 38.4 cm³/mol. The van der Waals surface area contributed by atoms with E-state index < -0.39 is 0 Å². The first kappa shape index (κ1) is 9.43. The highest BCUT2D eigenvalue weighted by Gasteiger charge is 2.24. The SMILES string of the molecule is COc1nc(OC)[n+](F)c(OC)n1. The van der Waals surface area contributed by atoms with Gasteiger partial charge in [0.1, 0.15) is 0 Å². The van der Waals surface area contributed by atoms with E-state index in [1.807, 2.05) is 0 Å². The maximum atomic E-state index is 13.1. The maximum absolute atomic E-state index is 13.1. The molecule has 0 atom stereocenters. The fourth-order valence-corrected chi connectivity index (χ4v) is 0.701. The van der Waals surface area contributed by atoms with Gasteiger partial charge in [-0.3, -0.25) is 0 Å². The number of ether oxygens (including phenoxy) is 3. The number of aromatic nitrogens is 3. The van der Waals surface area contributed by atoms with Gasteiger partial charge in [-0.05, 0) is 4.48 Å². The molecule has 0 aliphatic rings. The van der Waals surface area contributed by atoms with Crippen LogP contribution in [0.3, 0.4) is 0 Å². The molecule has 0 N–H and O–H groups in total. The average Bonchev–Trinajstić information content (AvgIpc) is 2.18. The standard InChI is InChI=1S/C6H9FN3O3/c1-11-4-8-5(12-2)10(7)6(9-4)13-3/h1-3H3/q+1. The molecule has 0 bridgehead atoms. The van der Waals surface area contributed by atoms with E-state index in [9.17, 15) is 4.48 Å². The fourth-order valence-electron chi connectivity index (χ4n) is 0.701. The van der Waals surface area contributed by atoms with Crippen LogP contribution in [0.15, 0.2) is 0 Å². The van der Waals surface area contributed by atoms with Gasteiger partial charge in [0.05, 0.1) is 21.3 Å². The largest absolute Gasteiger partial charge is 0.478 e. The summed E-state index contributed by atoms with van der Waals surface area (Å²) in [5.41, 5.74) is 0. The average molecular weight is 190 g/mol. The molecule has 0 fully saturated rings. The van der Waals surface area contributed by atoms with Crippen molar-refractivity contribution in [2.45, 2.75) is 0 Å². The third-order valence-electron chi connectivity index (χ3n) is 1.27. The van der Waals surface area contributed by atoms with Crippen molar-refractivity contribution >= 4 is 0 Å². The Balaban J connectivity index is 3.20. The Morgan fingerprint density at radius 2 is 1.46 bits per heavy atom. The van der Waals surface area contributed by atoms with Gasteiger partial charge in [-0.15, -0.1) is 0 Å². The van der Waals surface area contributed by atoms with Gasteiger partial charge in [-0.1, -0.05) is 0 Å². The van der Waals surface area contributed by atoms with Gasteiger partial charge < -0.3 is 14.2 Å². The van der Waals surface area contributed by atoms with Gasteiger partial charge >= 0.3 is 18.0 Å². The van der Waals surface area contributed by atoms with Crippen molar-refractivity contribution in [2.75, 3.05) is 21.3 Å². The lowest BCUT2D eigenvalue weighted by molar-refractivity contribution is -0.852. The minimum Gasteiger partial charge on any atom is -0.442 e. The molecule has 0 spiro atoms. The summed E-state index contributed by atoms with van der Waals surface area (Å²) in [6.07, 6.45) is 0. The number of hydrogen-bond donors (Lipinski definition) is 0. The van der Waals surface area contributed by atoms with Crippen LogP contribution >= 0.6 is 0 Å². The molecule has 6 nitrogen and oxygen atoms in total. The van der Waals surface area contributed by atoms with Crippen molar-refractivity contribution in [3.63, 3.8) is 0 Å². The van der Waals surface area contributed by atoms with E-state index in [1.165, 1.54) is 21.3 Å². The van der Waals surface area contributed by atoms with Crippen molar-refractivity contribution in [3.8, 4) is 18.0 Å². The number of methoxy groups -OCH3 is 3. The Bertz CT molecular complexity index is 282. The van der Waals surface area contributed by atoms with Gasteiger partial charge in [0, 0.05) is 14.8 Å². The van der Waals surface area contributed by atoms with Crippen LogP contribution in [0.4, 0.5) is 4.48 Å². The summed E-state index contributed by atoms with van der Waals surface area (Å²) in [6.45, 7) is 0. The highest BCUT2D eigenvalue weighted by molar-refractivity contribution is 4.99. The zero-order chi connectivity index (χ0) is 9.84. The second-order valence-corrected chi connectivity index (χ2v) is 1.96. The lowest BCUT2D eigenvalue weighted by Gasteiger charge is -1.97. The monoisotopic (exact) mass is 190 g/mol. The molecule has 0 radical (unpaired) electrons. The van der Waals surface area contributed by atoms with Crippen LogP contribution in [0.5, 0.6) is 18.0 Å². The number of halogens is 1. The molecule has 72 valence electrons. The van der Waals surface area contributed by atoms with Gasteiger partial charge in [0.15, 0.2) is 0 Å². The Labute approximate surface area is 73.8 Å². The van der Waals surface area contributed by atoms with Crippen LogP contribution in [-0.2, 0) is 0 Å². The summed E-state index contributed by atoms with van der Waals surface area (Å²) in [5, 5.41) is 0. The number of rotatable bonds is 3. The zero-order valence-corrected chi connectivity index (χ0v) is 7.44. The lowest BCUT2D eigenvalue weighted by atomic mass is 10.9. The third-order valence-corrected chi connectivity index (χ3v) is 1.27. The normalized spacial score (nSPS) is 9.54. The zero-order valence-electron chi connectivity index (χ0n) is 7.44. The summed E-state index contributed by atoms with van der Waals surface area (Å²) < 4.78 is 27.0. The van der Waals surface area contributed by atoms with Crippen molar-refractivity contribution < 1.29 is 23.5 Å². The smallest absolute Gasteiger partial charge is 0.442 e. The Kier molecular flexibility index (Phi) is 2.78. The molecule has 1 aromatic rings. The third kappa shape index (κ3) is 1.74. The highest BCUT2D eigenvalue weighted by atomic mass is 19.2. The van der Waals surface area contributed by atoms with Crippen molar-refractivity contribution in [2.24, 2.45) is 0 Å². The van der Waals surface area contributed by atoms with E-state index in [0.717, 1.165) is 0 Å². The van der Waals surface area contributed by atoms with Crippen molar-refractivity contribution in [1.29, 1.82) is 0 Å². The summed E-state index contributed by atoms with van der Waals surface area (Å²) in [7, 11) is 3.91. The van der Waals surface area contributed by atoms with E-state index >= 15 is 0 Å². The summed E-state index contributed by atoms with van der Waals surface area (Å²) >= 11 is 0. The summed E-state index contributed by atoms with van der Waals surface area (Å²) in [5.74, 6) is 0. The van der Waals surface area contributed by atoms with E-state index in [4.69, 9.17) is 4.74 Å². The Morgan fingerprint density at radius 3 is 1.77 bits per heavy atom. The fraction of sp³-hybridized carbons (Fsp3) is 0.500. The first-order valence-corrected chi connectivity index (χ1v) is 3.35. The van der Waals surface area contributed by atoms with Gasteiger partial charge in [-0.2, -0.15) is 0 Å². The number of nitrogens with zero attached hydrogens (tertiary/aromatic N) is 3. The van der Waals surface area contributed by atoms with Gasteiger partial charge in [0.2, 0.25) is 0 Å². The molecule has 7 heteroatoms. The molecule has 0 aromatic carbocycles. The highest BCUT2D eigenvalue weighted by Crippen LogP contribution is 2.10. The van der Waals surface area contributed by atoms with E-state index in [0.29, 0.717) is 0 Å². The van der Waals surface area contributed by atoms with E-state index in [-0.39, 0.29) is 22.8 Å². The molecule has 0 aliphatic heterocycles. The Hall–Kier alpha value is -1.66. The van der Waals surface area contributed by atoms with Crippen LogP contribution in [0, 0.1) is 0 Å². The summed E-state index contributed by atoms with van der Waals surface area (Å²) in [6, 6.07) is -0.602. The van der Waals surface area contributed by atoms with Crippen LogP contribution < -0.4 is 19.0 Å². The molecule has 1 aromatic heterocycles. The van der Waals surface area contributed by atoms with Crippen molar-refractivity contribution in [1.82, 2.24) is 9.97 Å². The van der Waals surface area contributed by atoms with E-state index in [1.54, 1.807) is 0 Å². The molecular formula is C6H9FN3O3+. The van der Waals surface area contributed by atoms with Crippen LogP contribution in [0.25, 0.3) is 0 Å². The quantitative estimate of drug-likeness (QED) is 0.644. The molecule has 1 rings (SSSR count). The molecule has 0 saturated carbocycles. The molecule has 0 unspecified atom stereocenters. The maximum Gasteiger partial charge on any atom is 0.478 e. The van der Waals surface area contributed by atoms with E-state index in [2.05, 4.69) is 19.4 Å². The predicted octanol–water partition coefficient (Wildman–Crippen LogP) is -0.478. The molecule has 0 saturated heterocycles. The minimum atomic E-state index is -0.288. The lowest BCUT2D eigenvalue weighted by Crippen LogP contribution is -2.30. The van der Waals surface area contributed by atoms with Crippen molar-refractivity contribution in [3.05, 3.63) is 0 Å². The first-order valence-electron chi connectivity index (χ1n) is 3.35. The molecule has 0 aliphatic carbocycles. The topological polar surface area (TPSA) is 57.4 Å². The second kappa shape index (κ2) is 3.83. The van der Waals surface area contributed by atoms with Gasteiger partial charge in [-0.25, -0.2) is 0 Å². The summed E-state index contributed by atoms with van der Waals surface area (Å²) in [4.78, 5) is 7.21. The second-order valence-electron chi connectivity index (χ2n) is 1.96. The first-order chi connectivity index (χ1) is 6.22. The molecular weight excluding hydrogens is 181 g/mol. The molecule has 1 heterocycles. The molecule has 0 amide bonds. The molecule has 13 heavy (non-hydrogen) atoms. The minimum absolute atomic E-state index is 0.0254. The Morgan fingerprint density at radius 1 is 1.00 bits per heavy atom. The van der Waals surface area contributed by atoms with Gasteiger partial charge in [0.25, 0.3) is 0 Å². The van der Waals surface area contributed by atoms with Crippen LogP contribution in [-0.4, -0.2) is 31.3 Å². The van der Waals surface area contributed by atoms with Crippen LogP contribution in [0.1, 0.15) is 0 Å². The van der Waals surface area contributed by atoms with Crippen LogP contribution in [0.2, 0.25) is 0 Å².